The Hall–Kier alpha value is -2.40. The summed E-state index contributed by atoms with van der Waals surface area (Å²) < 4.78 is 25.1. The van der Waals surface area contributed by atoms with Crippen molar-refractivity contribution in [2.24, 2.45) is 5.16 Å². The normalized spacial score (nSPS) is 16.0. The highest BCUT2D eigenvalue weighted by Gasteiger charge is 2.17. The number of ether oxygens (including phenoxy) is 2. The van der Waals surface area contributed by atoms with Crippen LogP contribution >= 0.6 is 0 Å². The topological polar surface area (TPSA) is 51.1 Å². The van der Waals surface area contributed by atoms with E-state index in [9.17, 15) is 4.39 Å². The van der Waals surface area contributed by atoms with Gasteiger partial charge in [0, 0.05) is 19.3 Å². The predicted molar refractivity (Wildman–Crippen MR) is 94.0 cm³/mol. The third-order valence-electron chi connectivity index (χ3n) is 4.51. The zero-order valence-corrected chi connectivity index (χ0v) is 14.2. The summed E-state index contributed by atoms with van der Waals surface area (Å²) in [5, 5.41) is 12.0. The maximum absolute atomic E-state index is 13.9. The van der Waals surface area contributed by atoms with Crippen LogP contribution in [0, 0.1) is 5.82 Å². The first kappa shape index (κ1) is 17.4. The number of rotatable bonds is 5. The lowest BCUT2D eigenvalue weighted by molar-refractivity contribution is 0.0852. The van der Waals surface area contributed by atoms with Gasteiger partial charge in [0.15, 0.2) is 0 Å². The molecule has 0 bridgehead atoms. The lowest BCUT2D eigenvalue weighted by Gasteiger charge is -2.23. The third kappa shape index (κ3) is 4.57. The lowest BCUT2D eigenvalue weighted by atomic mass is 9.91. The van der Waals surface area contributed by atoms with Crippen LogP contribution in [0.25, 0.3) is 0 Å². The first-order valence-corrected chi connectivity index (χ1v) is 8.44. The molecule has 1 saturated heterocycles. The van der Waals surface area contributed by atoms with Crippen molar-refractivity contribution in [3.8, 4) is 5.75 Å². The molecule has 0 aromatic heterocycles. The number of halogens is 1. The molecule has 0 amide bonds. The summed E-state index contributed by atoms with van der Waals surface area (Å²) in [6.07, 6.45) is 1.83. The van der Waals surface area contributed by atoms with Gasteiger partial charge in [-0.15, -0.1) is 0 Å². The van der Waals surface area contributed by atoms with Gasteiger partial charge in [0.2, 0.25) is 0 Å². The Morgan fingerprint density at radius 3 is 2.60 bits per heavy atom. The monoisotopic (exact) mass is 343 g/mol. The summed E-state index contributed by atoms with van der Waals surface area (Å²) in [7, 11) is 0. The van der Waals surface area contributed by atoms with Crippen LogP contribution in [0.2, 0.25) is 0 Å². The summed E-state index contributed by atoms with van der Waals surface area (Å²) in [5.41, 5.74) is 3.34. The first-order valence-electron chi connectivity index (χ1n) is 8.44. The second-order valence-corrected chi connectivity index (χ2v) is 6.28. The average Bonchev–Trinajstić information content (AvgIpc) is 2.66. The Labute approximate surface area is 146 Å². The van der Waals surface area contributed by atoms with Crippen LogP contribution in [0.5, 0.6) is 5.75 Å². The molecule has 0 radical (unpaired) electrons. The molecular weight excluding hydrogens is 321 g/mol. The largest absolute Gasteiger partial charge is 0.489 e. The summed E-state index contributed by atoms with van der Waals surface area (Å²) in [4.78, 5) is 0. The van der Waals surface area contributed by atoms with E-state index >= 15 is 0 Å². The van der Waals surface area contributed by atoms with Gasteiger partial charge in [-0.05, 0) is 54.5 Å². The smallest absolute Gasteiger partial charge is 0.127 e. The van der Waals surface area contributed by atoms with E-state index in [1.165, 1.54) is 6.07 Å². The Bertz CT molecular complexity index is 737. The van der Waals surface area contributed by atoms with E-state index in [1.807, 2.05) is 30.3 Å². The van der Waals surface area contributed by atoms with Gasteiger partial charge in [0.05, 0.1) is 5.71 Å². The van der Waals surface area contributed by atoms with Crippen LogP contribution in [0.3, 0.4) is 0 Å². The van der Waals surface area contributed by atoms with Gasteiger partial charge in [-0.2, -0.15) is 0 Å². The van der Waals surface area contributed by atoms with Crippen molar-refractivity contribution in [3.05, 3.63) is 65.0 Å². The highest BCUT2D eigenvalue weighted by atomic mass is 19.1. The van der Waals surface area contributed by atoms with Gasteiger partial charge in [-0.25, -0.2) is 4.39 Å². The maximum atomic E-state index is 13.9. The fraction of sp³-hybridized carbons (Fsp3) is 0.350. The van der Waals surface area contributed by atoms with Crippen molar-refractivity contribution < 1.29 is 19.1 Å². The molecule has 1 fully saturated rings. The molecule has 2 aromatic carbocycles. The minimum Gasteiger partial charge on any atom is -0.489 e. The van der Waals surface area contributed by atoms with E-state index in [2.05, 4.69) is 5.16 Å². The molecule has 1 aliphatic rings. The summed E-state index contributed by atoms with van der Waals surface area (Å²) in [5.74, 6) is 0.592. The highest BCUT2D eigenvalue weighted by Crippen LogP contribution is 2.30. The van der Waals surface area contributed by atoms with Crippen molar-refractivity contribution in [3.63, 3.8) is 0 Å². The van der Waals surface area contributed by atoms with Gasteiger partial charge in [0.1, 0.15) is 18.2 Å². The first-order chi connectivity index (χ1) is 12.2. The predicted octanol–water partition coefficient (Wildman–Crippen LogP) is 4.50. The van der Waals surface area contributed by atoms with Crippen LogP contribution in [-0.2, 0) is 11.3 Å². The van der Waals surface area contributed by atoms with Gasteiger partial charge < -0.3 is 14.7 Å². The molecule has 0 aliphatic carbocycles. The van der Waals surface area contributed by atoms with Crippen LogP contribution in [0.4, 0.5) is 4.39 Å². The average molecular weight is 343 g/mol. The molecular formula is C20H22FNO3. The fourth-order valence-corrected chi connectivity index (χ4v) is 3.00. The van der Waals surface area contributed by atoms with Crippen LogP contribution in [0.15, 0.2) is 47.6 Å². The van der Waals surface area contributed by atoms with E-state index in [0.717, 1.165) is 42.7 Å². The van der Waals surface area contributed by atoms with Gasteiger partial charge in [0.25, 0.3) is 0 Å². The maximum Gasteiger partial charge on any atom is 0.127 e. The van der Waals surface area contributed by atoms with E-state index in [1.54, 1.807) is 13.0 Å². The quantitative estimate of drug-likeness (QED) is 0.494. The molecule has 25 heavy (non-hydrogen) atoms. The Kier molecular flexibility index (Phi) is 5.66. The lowest BCUT2D eigenvalue weighted by Crippen LogP contribution is -2.14. The zero-order valence-electron chi connectivity index (χ0n) is 14.2. The minimum absolute atomic E-state index is 0.274. The molecule has 0 spiro atoms. The van der Waals surface area contributed by atoms with E-state index in [4.69, 9.17) is 14.7 Å². The molecule has 132 valence electrons. The minimum atomic E-state index is -0.274. The van der Waals surface area contributed by atoms with Crippen molar-refractivity contribution in [2.45, 2.75) is 32.3 Å². The molecule has 2 aromatic rings. The van der Waals surface area contributed by atoms with Gasteiger partial charge >= 0.3 is 0 Å². The molecule has 1 aliphatic heterocycles. The number of benzene rings is 2. The molecule has 1 heterocycles. The van der Waals surface area contributed by atoms with Crippen LogP contribution in [-0.4, -0.2) is 24.1 Å². The van der Waals surface area contributed by atoms with E-state index < -0.39 is 0 Å². The van der Waals surface area contributed by atoms with Crippen molar-refractivity contribution >= 4 is 5.71 Å². The summed E-state index contributed by atoms with van der Waals surface area (Å²) >= 11 is 0. The van der Waals surface area contributed by atoms with E-state index in [-0.39, 0.29) is 5.82 Å². The molecule has 5 heteroatoms. The highest BCUT2D eigenvalue weighted by molar-refractivity contribution is 5.98. The van der Waals surface area contributed by atoms with Gasteiger partial charge in [-0.3, -0.25) is 0 Å². The van der Waals surface area contributed by atoms with Crippen molar-refractivity contribution in [2.75, 3.05) is 13.2 Å². The summed E-state index contributed by atoms with van der Waals surface area (Å²) in [6, 6.07) is 12.5. The van der Waals surface area contributed by atoms with Crippen LogP contribution in [0.1, 0.15) is 42.4 Å². The number of nitrogens with zero attached hydrogens (tertiary/aromatic N) is 1. The number of hydrogen-bond acceptors (Lipinski definition) is 4. The fourth-order valence-electron chi connectivity index (χ4n) is 3.00. The zero-order chi connectivity index (χ0) is 17.6. The van der Waals surface area contributed by atoms with E-state index in [0.29, 0.717) is 24.0 Å². The molecule has 4 nitrogen and oxygen atoms in total. The Balaban J connectivity index is 1.67. The SMILES string of the molecule is C/C(=N/O)c1ccc(COc2cc(F)cc(C3CCOCC3)c2)cc1. The van der Waals surface area contributed by atoms with Crippen molar-refractivity contribution in [1.29, 1.82) is 0 Å². The second-order valence-electron chi connectivity index (χ2n) is 6.28. The molecule has 0 saturated carbocycles. The standard InChI is InChI=1S/C20H22FNO3/c1-14(22-23)16-4-2-15(3-5-16)13-25-20-11-18(10-19(21)12-20)17-6-8-24-9-7-17/h2-5,10-12,17,23H,6-9,13H2,1H3/b22-14-. The Morgan fingerprint density at radius 2 is 1.92 bits per heavy atom. The molecule has 0 unspecified atom stereocenters. The number of hydrogen-bond donors (Lipinski definition) is 1. The van der Waals surface area contributed by atoms with Crippen LogP contribution < -0.4 is 4.74 Å². The number of oxime groups is 1. The molecule has 0 atom stereocenters. The Morgan fingerprint density at radius 1 is 1.20 bits per heavy atom. The van der Waals surface area contributed by atoms with Crippen molar-refractivity contribution in [1.82, 2.24) is 0 Å². The second kappa shape index (κ2) is 8.12. The summed E-state index contributed by atoms with van der Waals surface area (Å²) in [6.45, 7) is 3.53. The molecule has 3 rings (SSSR count). The van der Waals surface area contributed by atoms with Gasteiger partial charge in [-0.1, -0.05) is 29.4 Å². The third-order valence-corrected chi connectivity index (χ3v) is 4.51. The molecule has 1 N–H and O–H groups in total.